The topological polar surface area (TPSA) is 97.3 Å². The van der Waals surface area contributed by atoms with Crippen LogP contribution in [0.5, 0.6) is 0 Å². The maximum atomic E-state index is 8.60. The molecule has 0 aliphatic rings. The largest absolute Gasteiger partial charge is 0.409 e. The first-order valence-electron chi connectivity index (χ1n) is 5.11. The first-order valence-corrected chi connectivity index (χ1v) is 5.93. The number of oxime groups is 1. The third-order valence-electron chi connectivity index (χ3n) is 2.06. The Morgan fingerprint density at radius 1 is 1.33 bits per heavy atom. The molecule has 7 heteroatoms. The molecule has 0 bridgehead atoms. The Kier molecular flexibility index (Phi) is 3.73. The number of nitrogens with zero attached hydrogens (tertiary/aromatic N) is 4. The molecule has 0 spiro atoms. The van der Waals surface area contributed by atoms with Crippen LogP contribution in [-0.4, -0.2) is 26.0 Å². The molecule has 6 nitrogen and oxygen atoms in total. The minimum Gasteiger partial charge on any atom is -0.409 e. The van der Waals surface area contributed by atoms with Gasteiger partial charge in [-0.05, 0) is 36.9 Å². The zero-order valence-electron chi connectivity index (χ0n) is 9.61. The van der Waals surface area contributed by atoms with E-state index in [4.69, 9.17) is 10.9 Å². The molecule has 2 rings (SSSR count). The van der Waals surface area contributed by atoms with Crippen molar-refractivity contribution in [3.8, 4) is 0 Å². The van der Waals surface area contributed by atoms with Gasteiger partial charge >= 0.3 is 0 Å². The fourth-order valence-electron chi connectivity index (χ4n) is 1.23. The molecule has 2 heterocycles. The second kappa shape index (κ2) is 5.46. The molecule has 0 saturated heterocycles. The van der Waals surface area contributed by atoms with Gasteiger partial charge in [-0.1, -0.05) is 11.2 Å². The third kappa shape index (κ3) is 2.95. The first-order chi connectivity index (χ1) is 8.69. The summed E-state index contributed by atoms with van der Waals surface area (Å²) in [4.78, 5) is 12.6. The van der Waals surface area contributed by atoms with Crippen molar-refractivity contribution in [1.82, 2.24) is 15.0 Å². The van der Waals surface area contributed by atoms with Gasteiger partial charge in [-0.15, -0.1) is 0 Å². The van der Waals surface area contributed by atoms with E-state index in [2.05, 4.69) is 20.1 Å². The molecular weight excluding hydrogens is 250 g/mol. The van der Waals surface area contributed by atoms with Gasteiger partial charge in [0.15, 0.2) is 11.0 Å². The molecule has 0 aliphatic heterocycles. The van der Waals surface area contributed by atoms with E-state index in [1.165, 1.54) is 11.8 Å². The molecule has 0 unspecified atom stereocenters. The van der Waals surface area contributed by atoms with Gasteiger partial charge < -0.3 is 10.9 Å². The summed E-state index contributed by atoms with van der Waals surface area (Å²) in [5.74, 6) is -0.0254. The Hall–Kier alpha value is -2.15. The Morgan fingerprint density at radius 2 is 2.17 bits per heavy atom. The van der Waals surface area contributed by atoms with Crippen LogP contribution in [-0.2, 0) is 0 Å². The van der Waals surface area contributed by atoms with Gasteiger partial charge in [-0.25, -0.2) is 15.0 Å². The van der Waals surface area contributed by atoms with Gasteiger partial charge in [0.1, 0.15) is 10.7 Å². The monoisotopic (exact) mass is 261 g/mol. The van der Waals surface area contributed by atoms with E-state index in [1.807, 2.05) is 19.1 Å². The van der Waals surface area contributed by atoms with E-state index < -0.39 is 0 Å². The minimum atomic E-state index is -0.0254. The molecule has 0 saturated carbocycles. The van der Waals surface area contributed by atoms with E-state index >= 15 is 0 Å². The summed E-state index contributed by atoms with van der Waals surface area (Å²) in [7, 11) is 0. The Balaban J connectivity index is 2.24. The highest BCUT2D eigenvalue weighted by molar-refractivity contribution is 7.99. The summed E-state index contributed by atoms with van der Waals surface area (Å²) < 4.78 is 0. The number of pyridine rings is 1. The van der Waals surface area contributed by atoms with Crippen LogP contribution in [0, 0.1) is 6.92 Å². The maximum Gasteiger partial charge on any atom is 0.194 e. The summed E-state index contributed by atoms with van der Waals surface area (Å²) in [5, 5.41) is 12.8. The number of amidine groups is 1. The lowest BCUT2D eigenvalue weighted by Crippen LogP contribution is -2.14. The number of hydrogen-bond donors (Lipinski definition) is 2. The van der Waals surface area contributed by atoms with Gasteiger partial charge in [0.2, 0.25) is 0 Å². The molecule has 0 atom stereocenters. The van der Waals surface area contributed by atoms with Crippen molar-refractivity contribution in [3.05, 3.63) is 41.9 Å². The zero-order valence-corrected chi connectivity index (χ0v) is 10.4. The fraction of sp³-hybridized carbons (Fsp3) is 0.0909. The Bertz CT molecular complexity index is 587. The highest BCUT2D eigenvalue weighted by Gasteiger charge is 2.05. The molecule has 2 aromatic heterocycles. The normalized spacial score (nSPS) is 11.5. The van der Waals surface area contributed by atoms with Gasteiger partial charge in [-0.2, -0.15) is 0 Å². The fourth-order valence-corrected chi connectivity index (χ4v) is 2.02. The van der Waals surface area contributed by atoms with Crippen LogP contribution in [0.15, 0.2) is 45.8 Å². The molecule has 3 N–H and O–H groups in total. The standard InChI is InChI=1S/C11H11N5OS/c1-7-5-6-13-11(14-7)18-9-4-2-3-8(15-9)10(12)16-17/h2-6,17H,1H3,(H2,12,16). The quantitative estimate of drug-likeness (QED) is 0.285. The van der Waals surface area contributed by atoms with Crippen molar-refractivity contribution in [2.75, 3.05) is 0 Å². The molecule has 0 fully saturated rings. The zero-order chi connectivity index (χ0) is 13.0. The van der Waals surface area contributed by atoms with Crippen molar-refractivity contribution < 1.29 is 5.21 Å². The molecule has 0 aromatic carbocycles. The highest BCUT2D eigenvalue weighted by Crippen LogP contribution is 2.22. The summed E-state index contributed by atoms with van der Waals surface area (Å²) in [5.41, 5.74) is 6.78. The molecule has 0 amide bonds. The van der Waals surface area contributed by atoms with Gasteiger partial charge in [0.05, 0.1) is 0 Å². The van der Waals surface area contributed by atoms with Crippen LogP contribution in [0.1, 0.15) is 11.4 Å². The van der Waals surface area contributed by atoms with E-state index in [-0.39, 0.29) is 5.84 Å². The van der Waals surface area contributed by atoms with E-state index in [0.717, 1.165) is 5.69 Å². The van der Waals surface area contributed by atoms with E-state index in [1.54, 1.807) is 18.3 Å². The van der Waals surface area contributed by atoms with Crippen molar-refractivity contribution in [1.29, 1.82) is 0 Å². The predicted octanol–water partition coefficient (Wildman–Crippen LogP) is 1.43. The van der Waals surface area contributed by atoms with Crippen LogP contribution in [0.3, 0.4) is 0 Å². The molecule has 0 aliphatic carbocycles. The van der Waals surface area contributed by atoms with Crippen LogP contribution >= 0.6 is 11.8 Å². The van der Waals surface area contributed by atoms with Gasteiger partial charge in [0.25, 0.3) is 0 Å². The van der Waals surface area contributed by atoms with Crippen LogP contribution in [0.25, 0.3) is 0 Å². The van der Waals surface area contributed by atoms with Crippen LogP contribution in [0.2, 0.25) is 0 Å². The molecule has 18 heavy (non-hydrogen) atoms. The lowest BCUT2D eigenvalue weighted by atomic mass is 10.3. The number of nitrogens with two attached hydrogens (primary N) is 1. The summed E-state index contributed by atoms with van der Waals surface area (Å²) in [6.07, 6.45) is 1.69. The minimum absolute atomic E-state index is 0.0254. The second-order valence-corrected chi connectivity index (χ2v) is 4.42. The predicted molar refractivity (Wildman–Crippen MR) is 67.6 cm³/mol. The number of rotatable bonds is 3. The number of hydrogen-bond acceptors (Lipinski definition) is 6. The molecule has 0 radical (unpaired) electrons. The van der Waals surface area contributed by atoms with Crippen molar-refractivity contribution in [2.45, 2.75) is 17.1 Å². The van der Waals surface area contributed by atoms with Crippen LogP contribution < -0.4 is 5.73 Å². The van der Waals surface area contributed by atoms with Crippen molar-refractivity contribution in [3.63, 3.8) is 0 Å². The third-order valence-corrected chi connectivity index (χ3v) is 2.88. The molecule has 2 aromatic rings. The second-order valence-electron chi connectivity index (χ2n) is 3.43. The lowest BCUT2D eigenvalue weighted by molar-refractivity contribution is 0.318. The van der Waals surface area contributed by atoms with Gasteiger partial charge in [0, 0.05) is 11.9 Å². The van der Waals surface area contributed by atoms with Crippen molar-refractivity contribution >= 4 is 17.6 Å². The van der Waals surface area contributed by atoms with E-state index in [9.17, 15) is 0 Å². The van der Waals surface area contributed by atoms with Gasteiger partial charge in [-0.3, -0.25) is 0 Å². The Morgan fingerprint density at radius 3 is 2.89 bits per heavy atom. The lowest BCUT2D eigenvalue weighted by Gasteiger charge is -2.02. The smallest absolute Gasteiger partial charge is 0.194 e. The van der Waals surface area contributed by atoms with E-state index in [0.29, 0.717) is 15.9 Å². The maximum absolute atomic E-state index is 8.60. The average molecular weight is 261 g/mol. The molecule has 92 valence electrons. The average Bonchev–Trinajstić information content (AvgIpc) is 2.38. The summed E-state index contributed by atoms with van der Waals surface area (Å²) in [6, 6.07) is 7.07. The number of aryl methyl sites for hydroxylation is 1. The SMILES string of the molecule is Cc1ccnc(Sc2cccc(C(N)=NO)n2)n1. The summed E-state index contributed by atoms with van der Waals surface area (Å²) in [6.45, 7) is 1.89. The summed E-state index contributed by atoms with van der Waals surface area (Å²) >= 11 is 1.32. The van der Waals surface area contributed by atoms with Crippen molar-refractivity contribution in [2.24, 2.45) is 10.9 Å². The number of aromatic nitrogens is 3. The van der Waals surface area contributed by atoms with Crippen LogP contribution in [0.4, 0.5) is 0 Å². The molecular formula is C11H11N5OS. The first kappa shape index (κ1) is 12.3. The highest BCUT2D eigenvalue weighted by atomic mass is 32.2. The Labute approximate surface area is 108 Å².